The second-order valence-electron chi connectivity index (χ2n) is 3.46. The minimum absolute atomic E-state index is 0.252. The second-order valence-corrected chi connectivity index (χ2v) is 5.50. The van der Waals surface area contributed by atoms with Crippen molar-refractivity contribution in [1.29, 1.82) is 0 Å². The monoisotopic (exact) mass is 206 g/mol. The topological polar surface area (TPSA) is 58.2 Å². The molecule has 1 heterocycles. The zero-order valence-electron chi connectivity index (χ0n) is 8.04. The van der Waals surface area contributed by atoms with E-state index < -0.39 is 10.0 Å². The smallest absolute Gasteiger partial charge is 0.211 e. The fourth-order valence-electron chi connectivity index (χ4n) is 1.62. The Morgan fingerprint density at radius 3 is 2.85 bits per heavy atom. The average Bonchev–Trinajstić information content (AvgIpc) is 2.57. The van der Waals surface area contributed by atoms with Gasteiger partial charge in [-0.05, 0) is 39.3 Å². The summed E-state index contributed by atoms with van der Waals surface area (Å²) >= 11 is 0. The lowest BCUT2D eigenvalue weighted by Crippen LogP contribution is -2.25. The number of sulfonamides is 1. The molecule has 13 heavy (non-hydrogen) atoms. The molecule has 1 aliphatic rings. The Bertz CT molecular complexity index is 233. The van der Waals surface area contributed by atoms with Crippen LogP contribution in [0.4, 0.5) is 0 Å². The lowest BCUT2D eigenvalue weighted by atomic mass is 10.1. The van der Waals surface area contributed by atoms with Gasteiger partial charge in [-0.1, -0.05) is 0 Å². The SMILES string of the molecule is CNS(=O)(=O)CCCC1CCCN1. The Hall–Kier alpha value is -0.130. The molecule has 1 saturated heterocycles. The summed E-state index contributed by atoms with van der Waals surface area (Å²) in [5.74, 6) is 0.252. The van der Waals surface area contributed by atoms with E-state index in [0.29, 0.717) is 6.04 Å². The maximum Gasteiger partial charge on any atom is 0.211 e. The third kappa shape index (κ3) is 4.06. The van der Waals surface area contributed by atoms with Crippen LogP contribution >= 0.6 is 0 Å². The van der Waals surface area contributed by atoms with Crippen LogP contribution < -0.4 is 10.0 Å². The fourth-order valence-corrected chi connectivity index (χ4v) is 2.38. The molecule has 2 N–H and O–H groups in total. The molecule has 1 aliphatic heterocycles. The number of hydrogen-bond acceptors (Lipinski definition) is 3. The van der Waals surface area contributed by atoms with Crippen LogP contribution in [0.2, 0.25) is 0 Å². The molecule has 0 saturated carbocycles. The van der Waals surface area contributed by atoms with E-state index in [-0.39, 0.29) is 5.75 Å². The highest BCUT2D eigenvalue weighted by Crippen LogP contribution is 2.10. The molecule has 1 fully saturated rings. The Labute approximate surface area is 80.1 Å². The van der Waals surface area contributed by atoms with Gasteiger partial charge in [0.2, 0.25) is 10.0 Å². The molecule has 5 heteroatoms. The molecule has 78 valence electrons. The van der Waals surface area contributed by atoms with Gasteiger partial charge in [-0.15, -0.1) is 0 Å². The third-order valence-electron chi connectivity index (χ3n) is 2.44. The number of nitrogens with one attached hydrogen (secondary N) is 2. The van der Waals surface area contributed by atoms with Gasteiger partial charge in [0.15, 0.2) is 0 Å². The van der Waals surface area contributed by atoms with Crippen LogP contribution in [-0.2, 0) is 10.0 Å². The second kappa shape index (κ2) is 4.93. The minimum atomic E-state index is -2.99. The van der Waals surface area contributed by atoms with Gasteiger partial charge in [0.25, 0.3) is 0 Å². The standard InChI is InChI=1S/C8H18N2O2S/c1-9-13(11,12)7-3-5-8-4-2-6-10-8/h8-10H,2-7H2,1H3. The summed E-state index contributed by atoms with van der Waals surface area (Å²) in [7, 11) is -1.53. The molecule has 0 spiro atoms. The quantitative estimate of drug-likeness (QED) is 0.669. The highest BCUT2D eigenvalue weighted by atomic mass is 32.2. The van der Waals surface area contributed by atoms with Gasteiger partial charge in [0.1, 0.15) is 0 Å². The van der Waals surface area contributed by atoms with E-state index in [1.807, 2.05) is 0 Å². The van der Waals surface area contributed by atoms with Gasteiger partial charge in [0, 0.05) is 6.04 Å². The van der Waals surface area contributed by atoms with Gasteiger partial charge in [-0.25, -0.2) is 13.1 Å². The fraction of sp³-hybridized carbons (Fsp3) is 1.00. The van der Waals surface area contributed by atoms with Crippen molar-refractivity contribution in [3.63, 3.8) is 0 Å². The molecule has 1 atom stereocenters. The molecule has 0 amide bonds. The van der Waals surface area contributed by atoms with Crippen LogP contribution in [0.5, 0.6) is 0 Å². The third-order valence-corrected chi connectivity index (χ3v) is 3.89. The highest BCUT2D eigenvalue weighted by Gasteiger charge is 2.14. The predicted molar refractivity (Wildman–Crippen MR) is 53.1 cm³/mol. The Morgan fingerprint density at radius 1 is 1.54 bits per heavy atom. The molecule has 1 unspecified atom stereocenters. The van der Waals surface area contributed by atoms with E-state index in [4.69, 9.17) is 0 Å². The lowest BCUT2D eigenvalue weighted by Gasteiger charge is -2.09. The average molecular weight is 206 g/mol. The van der Waals surface area contributed by atoms with Crippen molar-refractivity contribution in [1.82, 2.24) is 10.0 Å². The van der Waals surface area contributed by atoms with E-state index in [1.54, 1.807) is 0 Å². The van der Waals surface area contributed by atoms with Crippen LogP contribution in [0.1, 0.15) is 25.7 Å². The zero-order valence-corrected chi connectivity index (χ0v) is 8.86. The summed E-state index contributed by atoms with van der Waals surface area (Å²) in [4.78, 5) is 0. The van der Waals surface area contributed by atoms with Crippen LogP contribution in [0.25, 0.3) is 0 Å². The van der Waals surface area contributed by atoms with Gasteiger partial charge in [0.05, 0.1) is 5.75 Å². The lowest BCUT2D eigenvalue weighted by molar-refractivity contribution is 0.541. The molecule has 0 aromatic rings. The summed E-state index contributed by atoms with van der Waals surface area (Å²) in [6, 6.07) is 0.548. The van der Waals surface area contributed by atoms with E-state index in [0.717, 1.165) is 19.4 Å². The van der Waals surface area contributed by atoms with Gasteiger partial charge in [-0.2, -0.15) is 0 Å². The predicted octanol–water partition coefficient (Wildman–Crippen LogP) is 0.0678. The first kappa shape index (κ1) is 10.9. The summed E-state index contributed by atoms with van der Waals surface area (Å²) < 4.78 is 24.4. The first-order valence-corrected chi connectivity index (χ1v) is 6.44. The molecule has 0 aromatic carbocycles. The van der Waals surface area contributed by atoms with Crippen molar-refractivity contribution in [3.05, 3.63) is 0 Å². The van der Waals surface area contributed by atoms with E-state index >= 15 is 0 Å². The maximum absolute atomic E-state index is 11.0. The molecule has 0 radical (unpaired) electrons. The van der Waals surface area contributed by atoms with Crippen LogP contribution in [0, 0.1) is 0 Å². The molecule has 1 rings (SSSR count). The largest absolute Gasteiger partial charge is 0.314 e. The van der Waals surface area contributed by atoms with E-state index in [2.05, 4.69) is 10.0 Å². The molecular formula is C8H18N2O2S. The van der Waals surface area contributed by atoms with Crippen molar-refractivity contribution in [2.45, 2.75) is 31.7 Å². The normalized spacial score (nSPS) is 23.6. The Balaban J connectivity index is 2.13. The molecular weight excluding hydrogens is 188 g/mol. The van der Waals surface area contributed by atoms with Gasteiger partial charge < -0.3 is 5.32 Å². The summed E-state index contributed by atoms with van der Waals surface area (Å²) in [6.45, 7) is 1.09. The zero-order chi connectivity index (χ0) is 9.73. The number of hydrogen-bond donors (Lipinski definition) is 2. The first-order valence-electron chi connectivity index (χ1n) is 4.78. The van der Waals surface area contributed by atoms with Gasteiger partial charge in [-0.3, -0.25) is 0 Å². The number of rotatable bonds is 5. The van der Waals surface area contributed by atoms with Crippen molar-refractivity contribution in [2.24, 2.45) is 0 Å². The first-order chi connectivity index (χ1) is 6.14. The molecule has 0 aliphatic carbocycles. The van der Waals surface area contributed by atoms with Crippen LogP contribution in [0.3, 0.4) is 0 Å². The Morgan fingerprint density at radius 2 is 2.31 bits per heavy atom. The van der Waals surface area contributed by atoms with Crippen LogP contribution in [0.15, 0.2) is 0 Å². The van der Waals surface area contributed by atoms with Crippen molar-refractivity contribution in [2.75, 3.05) is 19.3 Å². The summed E-state index contributed by atoms with van der Waals surface area (Å²) in [5.41, 5.74) is 0. The van der Waals surface area contributed by atoms with E-state index in [9.17, 15) is 8.42 Å². The molecule has 4 nitrogen and oxygen atoms in total. The van der Waals surface area contributed by atoms with Crippen LogP contribution in [-0.4, -0.2) is 33.8 Å². The minimum Gasteiger partial charge on any atom is -0.314 e. The highest BCUT2D eigenvalue weighted by molar-refractivity contribution is 7.89. The summed E-state index contributed by atoms with van der Waals surface area (Å²) in [6.07, 6.45) is 4.14. The molecule has 0 bridgehead atoms. The Kier molecular flexibility index (Phi) is 4.15. The summed E-state index contributed by atoms with van der Waals surface area (Å²) in [5, 5.41) is 3.35. The van der Waals surface area contributed by atoms with Crippen molar-refractivity contribution >= 4 is 10.0 Å². The van der Waals surface area contributed by atoms with E-state index in [1.165, 1.54) is 19.9 Å². The molecule has 0 aromatic heterocycles. The van der Waals surface area contributed by atoms with Gasteiger partial charge >= 0.3 is 0 Å². The van der Waals surface area contributed by atoms with Crippen molar-refractivity contribution in [3.8, 4) is 0 Å². The van der Waals surface area contributed by atoms with Crippen molar-refractivity contribution < 1.29 is 8.42 Å². The maximum atomic E-state index is 11.0.